The van der Waals surface area contributed by atoms with Gasteiger partial charge >= 0.3 is 0 Å². The molecule has 0 bridgehead atoms. The topological polar surface area (TPSA) is 24.9 Å². The van der Waals surface area contributed by atoms with Crippen LogP contribution in [-0.2, 0) is 0 Å². The van der Waals surface area contributed by atoms with Crippen LogP contribution in [0.5, 0.6) is 0 Å². The lowest BCUT2D eigenvalue weighted by atomic mass is 9.82. The molecule has 1 aliphatic rings. The zero-order chi connectivity index (χ0) is 8.55. The summed E-state index contributed by atoms with van der Waals surface area (Å²) in [5, 5.41) is 6.61. The summed E-state index contributed by atoms with van der Waals surface area (Å²) in [5.74, 6) is 0.906. The second kappa shape index (κ2) is 3.05. The average Bonchev–Trinajstić information content (AvgIpc) is 2.33. The maximum atomic E-state index is 4.36. The van der Waals surface area contributed by atoms with Crippen molar-refractivity contribution < 1.29 is 0 Å². The first-order valence-corrected chi connectivity index (χ1v) is 5.30. The van der Waals surface area contributed by atoms with Gasteiger partial charge < -0.3 is 5.32 Å². The fourth-order valence-corrected chi connectivity index (χ4v) is 2.38. The van der Waals surface area contributed by atoms with Crippen molar-refractivity contribution in [3.8, 4) is 0 Å². The smallest absolute Gasteiger partial charge is 0.183 e. The van der Waals surface area contributed by atoms with Crippen molar-refractivity contribution in [3.05, 3.63) is 11.1 Å². The highest BCUT2D eigenvalue weighted by molar-refractivity contribution is 7.13. The van der Waals surface area contributed by atoms with E-state index >= 15 is 0 Å². The Kier molecular flexibility index (Phi) is 2.05. The molecule has 1 heterocycles. The van der Waals surface area contributed by atoms with Crippen LogP contribution in [0.25, 0.3) is 0 Å². The van der Waals surface area contributed by atoms with E-state index in [2.05, 4.69) is 22.6 Å². The van der Waals surface area contributed by atoms with E-state index in [1.165, 1.54) is 12.8 Å². The van der Waals surface area contributed by atoms with Crippen LogP contribution < -0.4 is 5.32 Å². The highest BCUT2D eigenvalue weighted by Crippen LogP contribution is 2.30. The highest BCUT2D eigenvalue weighted by Gasteiger charge is 2.25. The molecule has 3 heteroatoms. The first-order chi connectivity index (χ1) is 5.74. The molecule has 0 spiro atoms. The fraction of sp³-hybridized carbons (Fsp3) is 0.667. The number of aryl methyl sites for hydroxylation is 1. The molecule has 2 nitrogen and oxygen atoms in total. The van der Waals surface area contributed by atoms with Crippen molar-refractivity contribution in [2.45, 2.75) is 32.7 Å². The Balaban J connectivity index is 1.88. The second-order valence-electron chi connectivity index (χ2n) is 3.71. The summed E-state index contributed by atoms with van der Waals surface area (Å²) >= 11 is 1.71. The van der Waals surface area contributed by atoms with Crippen molar-refractivity contribution in [2.75, 3.05) is 5.32 Å². The fourth-order valence-electron chi connectivity index (χ4n) is 1.62. The Morgan fingerprint density at radius 3 is 2.83 bits per heavy atom. The minimum atomic E-state index is 0.686. The predicted molar refractivity (Wildman–Crippen MR) is 52.7 cm³/mol. The number of hydrogen-bond acceptors (Lipinski definition) is 3. The lowest BCUT2D eigenvalue weighted by Crippen LogP contribution is -2.33. The monoisotopic (exact) mass is 182 g/mol. The Morgan fingerprint density at radius 2 is 2.33 bits per heavy atom. The van der Waals surface area contributed by atoms with Crippen molar-refractivity contribution in [1.29, 1.82) is 0 Å². The Morgan fingerprint density at radius 1 is 1.58 bits per heavy atom. The lowest BCUT2D eigenvalue weighted by molar-refractivity contribution is 0.309. The minimum Gasteiger partial charge on any atom is -0.359 e. The molecule has 1 fully saturated rings. The maximum Gasteiger partial charge on any atom is 0.183 e. The van der Waals surface area contributed by atoms with Gasteiger partial charge in [-0.25, -0.2) is 4.98 Å². The van der Waals surface area contributed by atoms with Crippen molar-refractivity contribution in [3.63, 3.8) is 0 Å². The third-order valence-corrected chi connectivity index (χ3v) is 3.21. The molecule has 1 aromatic heterocycles. The third-order valence-electron chi connectivity index (χ3n) is 2.32. The summed E-state index contributed by atoms with van der Waals surface area (Å²) in [6.45, 7) is 4.33. The van der Waals surface area contributed by atoms with Gasteiger partial charge in [-0.15, -0.1) is 11.3 Å². The number of anilines is 1. The van der Waals surface area contributed by atoms with Crippen LogP contribution in [0.2, 0.25) is 0 Å². The summed E-state index contributed by atoms with van der Waals surface area (Å²) in [4.78, 5) is 4.36. The lowest BCUT2D eigenvalue weighted by Gasteiger charge is -2.33. The van der Waals surface area contributed by atoms with E-state index in [9.17, 15) is 0 Å². The third kappa shape index (κ3) is 1.61. The van der Waals surface area contributed by atoms with Crippen LogP contribution in [0.3, 0.4) is 0 Å². The van der Waals surface area contributed by atoms with Crippen molar-refractivity contribution in [2.24, 2.45) is 5.92 Å². The van der Waals surface area contributed by atoms with Crippen LogP contribution >= 0.6 is 11.3 Å². The van der Waals surface area contributed by atoms with Crippen LogP contribution in [0.1, 0.15) is 25.5 Å². The second-order valence-corrected chi connectivity index (χ2v) is 4.57. The first kappa shape index (κ1) is 8.05. The van der Waals surface area contributed by atoms with Gasteiger partial charge in [0.05, 0.1) is 5.69 Å². The number of thiazole rings is 1. The van der Waals surface area contributed by atoms with Crippen molar-refractivity contribution in [1.82, 2.24) is 4.98 Å². The molecule has 1 aliphatic carbocycles. The Hall–Kier alpha value is -0.570. The van der Waals surface area contributed by atoms with Gasteiger partial charge in [0, 0.05) is 11.4 Å². The number of rotatable bonds is 2. The van der Waals surface area contributed by atoms with Crippen LogP contribution in [0.4, 0.5) is 5.13 Å². The van der Waals surface area contributed by atoms with Gasteiger partial charge in [0.25, 0.3) is 0 Å². The molecule has 0 radical (unpaired) electrons. The molecule has 12 heavy (non-hydrogen) atoms. The van der Waals surface area contributed by atoms with Gasteiger partial charge in [0.2, 0.25) is 0 Å². The quantitative estimate of drug-likeness (QED) is 0.760. The van der Waals surface area contributed by atoms with Gasteiger partial charge in [0.15, 0.2) is 5.13 Å². The number of nitrogens with one attached hydrogen (secondary N) is 1. The molecule has 2 rings (SSSR count). The molecule has 0 aliphatic heterocycles. The normalized spacial score (nSPS) is 28.2. The zero-order valence-electron chi connectivity index (χ0n) is 7.50. The van der Waals surface area contributed by atoms with Gasteiger partial charge in [-0.1, -0.05) is 6.92 Å². The first-order valence-electron chi connectivity index (χ1n) is 4.42. The van der Waals surface area contributed by atoms with E-state index in [1.54, 1.807) is 11.3 Å². The molecule has 0 amide bonds. The number of nitrogens with zero attached hydrogens (tertiary/aromatic N) is 1. The minimum absolute atomic E-state index is 0.686. The summed E-state index contributed by atoms with van der Waals surface area (Å²) < 4.78 is 0. The van der Waals surface area contributed by atoms with Crippen LogP contribution in [-0.4, -0.2) is 11.0 Å². The number of aromatic nitrogens is 1. The van der Waals surface area contributed by atoms with E-state index in [1.807, 2.05) is 6.92 Å². The van der Waals surface area contributed by atoms with Crippen LogP contribution in [0.15, 0.2) is 5.38 Å². The molecule has 1 N–H and O–H groups in total. The molecule has 0 saturated heterocycles. The van der Waals surface area contributed by atoms with E-state index in [4.69, 9.17) is 0 Å². The summed E-state index contributed by atoms with van der Waals surface area (Å²) in [5.41, 5.74) is 1.12. The van der Waals surface area contributed by atoms with Crippen molar-refractivity contribution >= 4 is 16.5 Å². The summed E-state index contributed by atoms with van der Waals surface area (Å²) in [6, 6.07) is 0.686. The largest absolute Gasteiger partial charge is 0.359 e. The average molecular weight is 182 g/mol. The summed E-state index contributed by atoms with van der Waals surface area (Å²) in [7, 11) is 0. The molecule has 0 unspecified atom stereocenters. The SMILES string of the molecule is Cc1csc(NC2CC(C)C2)n1. The molecule has 0 atom stereocenters. The molecule has 66 valence electrons. The molecular weight excluding hydrogens is 168 g/mol. The van der Waals surface area contributed by atoms with E-state index in [0.29, 0.717) is 6.04 Å². The number of hydrogen-bond donors (Lipinski definition) is 1. The van der Waals surface area contributed by atoms with E-state index in [0.717, 1.165) is 16.7 Å². The standard InChI is InChI=1S/C9H14N2S/c1-6-3-8(4-6)11-9-10-7(2)5-12-9/h5-6,8H,3-4H2,1-2H3,(H,10,11). The summed E-state index contributed by atoms with van der Waals surface area (Å²) in [6.07, 6.45) is 2.61. The Labute approximate surface area is 77.0 Å². The highest BCUT2D eigenvalue weighted by atomic mass is 32.1. The van der Waals surface area contributed by atoms with Gasteiger partial charge in [0.1, 0.15) is 0 Å². The Bertz CT molecular complexity index is 263. The van der Waals surface area contributed by atoms with Crippen LogP contribution in [0, 0.1) is 12.8 Å². The zero-order valence-corrected chi connectivity index (χ0v) is 8.32. The molecule has 1 saturated carbocycles. The van der Waals surface area contributed by atoms with Gasteiger partial charge in [-0.05, 0) is 25.7 Å². The van der Waals surface area contributed by atoms with Gasteiger partial charge in [-0.2, -0.15) is 0 Å². The van der Waals surface area contributed by atoms with Gasteiger partial charge in [-0.3, -0.25) is 0 Å². The molecular formula is C9H14N2S. The molecule has 0 aromatic carbocycles. The maximum absolute atomic E-state index is 4.36. The van der Waals surface area contributed by atoms with E-state index < -0.39 is 0 Å². The van der Waals surface area contributed by atoms with E-state index in [-0.39, 0.29) is 0 Å². The molecule has 1 aromatic rings. The predicted octanol–water partition coefficient (Wildman–Crippen LogP) is 2.66.